The van der Waals surface area contributed by atoms with Crippen LogP contribution < -0.4 is 5.32 Å². The van der Waals surface area contributed by atoms with E-state index >= 15 is 0 Å². The standard InChI is InChI=1S/C14H18N6/c1-2-12(8-13(3-1)20-10-15-17-18-20)16-14-9-19-6-4-11(14)5-7-19/h1-3,8,10-11,14,16H,4-7,9H2. The number of fused-ring (bicyclic) bond motifs is 3. The largest absolute Gasteiger partial charge is 0.381 e. The highest BCUT2D eigenvalue weighted by molar-refractivity contribution is 5.51. The van der Waals surface area contributed by atoms with Crippen LogP contribution in [0.15, 0.2) is 30.6 Å². The van der Waals surface area contributed by atoms with Gasteiger partial charge in [-0.15, -0.1) is 5.10 Å². The molecule has 0 saturated carbocycles. The van der Waals surface area contributed by atoms with E-state index in [1.54, 1.807) is 11.0 Å². The predicted molar refractivity (Wildman–Crippen MR) is 75.7 cm³/mol. The Kier molecular flexibility index (Phi) is 2.88. The number of tetrazole rings is 1. The number of nitrogens with one attached hydrogen (secondary N) is 1. The van der Waals surface area contributed by atoms with E-state index in [-0.39, 0.29) is 0 Å². The Bertz CT molecular complexity index is 573. The highest BCUT2D eigenvalue weighted by Gasteiger charge is 2.33. The zero-order valence-corrected chi connectivity index (χ0v) is 11.3. The summed E-state index contributed by atoms with van der Waals surface area (Å²) >= 11 is 0. The molecule has 0 radical (unpaired) electrons. The van der Waals surface area contributed by atoms with Gasteiger partial charge < -0.3 is 10.2 Å². The van der Waals surface area contributed by atoms with Crippen LogP contribution in [0.1, 0.15) is 12.8 Å². The number of piperidine rings is 3. The molecule has 1 aromatic carbocycles. The molecule has 3 fully saturated rings. The van der Waals surface area contributed by atoms with Gasteiger partial charge in [0, 0.05) is 18.3 Å². The molecule has 6 heteroatoms. The molecule has 3 aliphatic heterocycles. The van der Waals surface area contributed by atoms with Gasteiger partial charge in [-0.05, 0) is 60.5 Å². The third-order valence-electron chi connectivity index (χ3n) is 4.47. The monoisotopic (exact) mass is 270 g/mol. The van der Waals surface area contributed by atoms with E-state index in [1.807, 2.05) is 12.1 Å². The van der Waals surface area contributed by atoms with Crippen molar-refractivity contribution in [1.29, 1.82) is 0 Å². The molecule has 0 spiro atoms. The Morgan fingerprint density at radius 1 is 1.20 bits per heavy atom. The minimum absolute atomic E-state index is 0.571. The molecule has 20 heavy (non-hydrogen) atoms. The van der Waals surface area contributed by atoms with Crippen molar-refractivity contribution in [2.75, 3.05) is 25.0 Å². The lowest BCUT2D eigenvalue weighted by Gasteiger charge is -2.45. The van der Waals surface area contributed by atoms with Crippen LogP contribution in [0.2, 0.25) is 0 Å². The zero-order chi connectivity index (χ0) is 13.4. The maximum atomic E-state index is 3.93. The number of nitrogens with zero attached hydrogens (tertiary/aromatic N) is 5. The summed E-state index contributed by atoms with van der Waals surface area (Å²) in [6, 6.07) is 8.85. The highest BCUT2D eigenvalue weighted by Crippen LogP contribution is 2.30. The van der Waals surface area contributed by atoms with Crippen LogP contribution in [0, 0.1) is 5.92 Å². The van der Waals surface area contributed by atoms with E-state index in [4.69, 9.17) is 0 Å². The van der Waals surface area contributed by atoms with Gasteiger partial charge in [0.1, 0.15) is 6.33 Å². The third-order valence-corrected chi connectivity index (χ3v) is 4.47. The normalized spacial score (nSPS) is 28.5. The number of aromatic nitrogens is 4. The lowest BCUT2D eigenvalue weighted by Crippen LogP contribution is -2.53. The highest BCUT2D eigenvalue weighted by atomic mass is 15.5. The molecule has 2 bridgehead atoms. The number of hydrogen-bond acceptors (Lipinski definition) is 5. The summed E-state index contributed by atoms with van der Waals surface area (Å²) in [6.07, 6.45) is 4.27. The molecule has 0 amide bonds. The molecule has 104 valence electrons. The van der Waals surface area contributed by atoms with Gasteiger partial charge in [0.05, 0.1) is 5.69 Å². The maximum Gasteiger partial charge on any atom is 0.143 e. The lowest BCUT2D eigenvalue weighted by atomic mass is 9.84. The molecular weight excluding hydrogens is 252 g/mol. The van der Waals surface area contributed by atoms with E-state index in [0.29, 0.717) is 6.04 Å². The molecule has 1 atom stereocenters. The second-order valence-electron chi connectivity index (χ2n) is 5.69. The Balaban J connectivity index is 1.53. The second kappa shape index (κ2) is 4.86. The summed E-state index contributed by atoms with van der Waals surface area (Å²) in [5, 5.41) is 15.0. The lowest BCUT2D eigenvalue weighted by molar-refractivity contribution is 0.0975. The van der Waals surface area contributed by atoms with E-state index in [9.17, 15) is 0 Å². The van der Waals surface area contributed by atoms with E-state index in [1.165, 1.54) is 32.5 Å². The van der Waals surface area contributed by atoms with Crippen molar-refractivity contribution in [2.24, 2.45) is 5.92 Å². The molecule has 1 N–H and O–H groups in total. The van der Waals surface area contributed by atoms with Gasteiger partial charge in [-0.2, -0.15) is 0 Å². The minimum atomic E-state index is 0.571. The van der Waals surface area contributed by atoms with Crippen LogP contribution in [0.4, 0.5) is 5.69 Å². The molecule has 1 unspecified atom stereocenters. The van der Waals surface area contributed by atoms with Crippen molar-refractivity contribution < 1.29 is 0 Å². The number of benzene rings is 1. The van der Waals surface area contributed by atoms with E-state index in [2.05, 4.69) is 37.9 Å². The van der Waals surface area contributed by atoms with Crippen LogP contribution in [-0.2, 0) is 0 Å². The summed E-state index contributed by atoms with van der Waals surface area (Å²) in [7, 11) is 0. The van der Waals surface area contributed by atoms with Crippen LogP contribution in [-0.4, -0.2) is 50.8 Å². The first-order valence-corrected chi connectivity index (χ1v) is 7.21. The molecule has 5 rings (SSSR count). The molecular formula is C14H18N6. The number of anilines is 1. The second-order valence-corrected chi connectivity index (χ2v) is 5.69. The van der Waals surface area contributed by atoms with Crippen LogP contribution in [0.3, 0.4) is 0 Å². The molecule has 3 aliphatic rings. The van der Waals surface area contributed by atoms with E-state index in [0.717, 1.165) is 17.3 Å². The van der Waals surface area contributed by atoms with Crippen molar-refractivity contribution >= 4 is 5.69 Å². The van der Waals surface area contributed by atoms with Gasteiger partial charge in [-0.1, -0.05) is 6.07 Å². The van der Waals surface area contributed by atoms with Crippen LogP contribution in [0.5, 0.6) is 0 Å². The fourth-order valence-electron chi connectivity index (χ4n) is 3.36. The van der Waals surface area contributed by atoms with Crippen LogP contribution >= 0.6 is 0 Å². The van der Waals surface area contributed by atoms with Gasteiger partial charge in [0.2, 0.25) is 0 Å². The molecule has 1 aromatic heterocycles. The van der Waals surface area contributed by atoms with Crippen molar-refractivity contribution in [3.8, 4) is 5.69 Å². The van der Waals surface area contributed by atoms with Gasteiger partial charge >= 0.3 is 0 Å². The average molecular weight is 270 g/mol. The summed E-state index contributed by atoms with van der Waals surface area (Å²) in [6.45, 7) is 3.71. The topological polar surface area (TPSA) is 58.9 Å². The SMILES string of the molecule is c1cc(NC2CN3CCC2CC3)cc(-n2cnnn2)c1. The van der Waals surface area contributed by atoms with Crippen molar-refractivity contribution in [2.45, 2.75) is 18.9 Å². The third kappa shape index (κ3) is 2.16. The molecule has 2 aromatic rings. The quantitative estimate of drug-likeness (QED) is 0.907. The fourth-order valence-corrected chi connectivity index (χ4v) is 3.36. The summed E-state index contributed by atoms with van der Waals surface area (Å²) in [5.41, 5.74) is 2.14. The molecule has 6 nitrogen and oxygen atoms in total. The first-order chi connectivity index (χ1) is 9.88. The summed E-state index contributed by atoms with van der Waals surface area (Å²) < 4.78 is 1.68. The Morgan fingerprint density at radius 2 is 2.10 bits per heavy atom. The van der Waals surface area contributed by atoms with Crippen molar-refractivity contribution in [3.63, 3.8) is 0 Å². The maximum absolute atomic E-state index is 3.93. The van der Waals surface area contributed by atoms with Crippen molar-refractivity contribution in [3.05, 3.63) is 30.6 Å². The fraction of sp³-hybridized carbons (Fsp3) is 0.500. The van der Waals surface area contributed by atoms with Crippen LogP contribution in [0.25, 0.3) is 5.69 Å². The Morgan fingerprint density at radius 3 is 2.80 bits per heavy atom. The molecule has 3 saturated heterocycles. The molecule has 0 aliphatic carbocycles. The number of rotatable bonds is 3. The first kappa shape index (κ1) is 11.8. The Hall–Kier alpha value is -1.95. The smallest absolute Gasteiger partial charge is 0.143 e. The molecule has 4 heterocycles. The minimum Gasteiger partial charge on any atom is -0.381 e. The average Bonchev–Trinajstić information content (AvgIpc) is 3.03. The van der Waals surface area contributed by atoms with Gasteiger partial charge in [0.15, 0.2) is 0 Å². The zero-order valence-electron chi connectivity index (χ0n) is 11.3. The Labute approximate surface area is 117 Å². The van der Waals surface area contributed by atoms with Gasteiger partial charge in [-0.3, -0.25) is 0 Å². The predicted octanol–water partition coefficient (Wildman–Crippen LogP) is 1.17. The van der Waals surface area contributed by atoms with Gasteiger partial charge in [-0.25, -0.2) is 4.68 Å². The number of hydrogen-bond donors (Lipinski definition) is 1. The summed E-state index contributed by atoms with van der Waals surface area (Å²) in [5.74, 6) is 0.816. The first-order valence-electron chi connectivity index (χ1n) is 7.21. The van der Waals surface area contributed by atoms with Gasteiger partial charge in [0.25, 0.3) is 0 Å². The summed E-state index contributed by atoms with van der Waals surface area (Å²) in [4.78, 5) is 2.56. The van der Waals surface area contributed by atoms with E-state index < -0.39 is 0 Å². The van der Waals surface area contributed by atoms with Crippen molar-refractivity contribution in [1.82, 2.24) is 25.1 Å².